The second-order valence-corrected chi connectivity index (χ2v) is 9.60. The maximum Gasteiger partial charge on any atom is 0.238 e. The van der Waals surface area contributed by atoms with Gasteiger partial charge in [0, 0.05) is 18.0 Å². The maximum atomic E-state index is 13.2. The molecule has 2 aromatic rings. The van der Waals surface area contributed by atoms with Crippen molar-refractivity contribution in [2.45, 2.75) is 24.7 Å². The highest BCUT2D eigenvalue weighted by Gasteiger charge is 2.63. The van der Waals surface area contributed by atoms with E-state index in [1.165, 1.54) is 12.1 Å². The SMILES string of the molecule is COc1ccc(Cl)cc1N(C)C(=O)C1C(c2ccc(S(N)(=O)=O)cc2)C1(C)C. The maximum absolute atomic E-state index is 13.2. The fourth-order valence-corrected chi connectivity index (χ4v) is 4.52. The van der Waals surface area contributed by atoms with E-state index in [1.807, 2.05) is 13.8 Å². The largest absolute Gasteiger partial charge is 0.495 e. The Kier molecular flexibility index (Phi) is 5.20. The van der Waals surface area contributed by atoms with Gasteiger partial charge in [-0.15, -0.1) is 0 Å². The molecule has 2 N–H and O–H groups in total. The normalized spacial score (nSPS) is 20.5. The summed E-state index contributed by atoms with van der Waals surface area (Å²) in [5, 5.41) is 5.67. The number of methoxy groups -OCH3 is 1. The molecule has 2 atom stereocenters. The van der Waals surface area contributed by atoms with Crippen molar-refractivity contribution in [2.24, 2.45) is 16.5 Å². The lowest BCUT2D eigenvalue weighted by Gasteiger charge is -2.21. The fraction of sp³-hybridized carbons (Fsp3) is 0.350. The number of primary sulfonamides is 1. The predicted molar refractivity (Wildman–Crippen MR) is 109 cm³/mol. The summed E-state index contributed by atoms with van der Waals surface area (Å²) in [5.74, 6) is 0.238. The Morgan fingerprint density at radius 3 is 2.32 bits per heavy atom. The lowest BCUT2D eigenvalue weighted by Crippen LogP contribution is -2.29. The van der Waals surface area contributed by atoms with E-state index in [0.29, 0.717) is 16.5 Å². The second-order valence-electron chi connectivity index (χ2n) is 7.60. The smallest absolute Gasteiger partial charge is 0.238 e. The van der Waals surface area contributed by atoms with Crippen LogP contribution in [0.3, 0.4) is 0 Å². The highest BCUT2D eigenvalue weighted by atomic mass is 35.5. The molecule has 3 rings (SSSR count). The summed E-state index contributed by atoms with van der Waals surface area (Å²) in [6.45, 7) is 4.05. The Balaban J connectivity index is 1.88. The van der Waals surface area contributed by atoms with Crippen molar-refractivity contribution >= 4 is 33.2 Å². The highest BCUT2D eigenvalue weighted by molar-refractivity contribution is 7.89. The molecule has 0 radical (unpaired) electrons. The molecule has 1 saturated carbocycles. The van der Waals surface area contributed by atoms with Crippen molar-refractivity contribution in [3.63, 3.8) is 0 Å². The second kappa shape index (κ2) is 7.06. The average molecular weight is 423 g/mol. The first-order chi connectivity index (χ1) is 13.0. The Hall–Kier alpha value is -2.09. The first kappa shape index (κ1) is 20.6. The monoisotopic (exact) mass is 422 g/mol. The van der Waals surface area contributed by atoms with Crippen LogP contribution in [0.1, 0.15) is 25.3 Å². The lowest BCUT2D eigenvalue weighted by atomic mass is 10.0. The number of anilines is 1. The van der Waals surface area contributed by atoms with Crippen LogP contribution >= 0.6 is 11.6 Å². The summed E-state index contributed by atoms with van der Waals surface area (Å²) in [6, 6.07) is 11.5. The molecule has 8 heteroatoms. The molecule has 1 fully saturated rings. The third kappa shape index (κ3) is 3.62. The molecule has 2 unspecified atom stereocenters. The summed E-state index contributed by atoms with van der Waals surface area (Å²) in [7, 11) is -0.502. The van der Waals surface area contributed by atoms with Crippen LogP contribution in [0.5, 0.6) is 5.75 Å². The number of nitrogens with zero attached hydrogens (tertiary/aromatic N) is 1. The van der Waals surface area contributed by atoms with Crippen LogP contribution < -0.4 is 14.8 Å². The van der Waals surface area contributed by atoms with Gasteiger partial charge in [0.2, 0.25) is 15.9 Å². The summed E-state index contributed by atoms with van der Waals surface area (Å²) < 4.78 is 28.3. The van der Waals surface area contributed by atoms with E-state index in [9.17, 15) is 13.2 Å². The Morgan fingerprint density at radius 2 is 1.79 bits per heavy atom. The number of rotatable bonds is 5. The fourth-order valence-electron chi connectivity index (χ4n) is 3.84. The van der Waals surface area contributed by atoms with Gasteiger partial charge in [-0.05, 0) is 41.3 Å². The van der Waals surface area contributed by atoms with Crippen molar-refractivity contribution in [2.75, 3.05) is 19.1 Å². The van der Waals surface area contributed by atoms with Gasteiger partial charge in [0.05, 0.1) is 23.6 Å². The van der Waals surface area contributed by atoms with E-state index in [2.05, 4.69) is 0 Å². The number of sulfonamides is 1. The van der Waals surface area contributed by atoms with E-state index in [1.54, 1.807) is 49.4 Å². The Labute approximate surface area is 170 Å². The summed E-state index contributed by atoms with van der Waals surface area (Å²) in [6.07, 6.45) is 0. The van der Waals surface area contributed by atoms with Crippen LogP contribution in [-0.2, 0) is 14.8 Å². The Bertz CT molecular complexity index is 1020. The minimum Gasteiger partial charge on any atom is -0.495 e. The third-order valence-electron chi connectivity index (χ3n) is 5.49. The molecule has 0 spiro atoms. The highest BCUT2D eigenvalue weighted by Crippen LogP contribution is 2.65. The van der Waals surface area contributed by atoms with Crippen LogP contribution in [0.2, 0.25) is 5.02 Å². The zero-order chi connectivity index (χ0) is 20.9. The molecule has 1 aliphatic rings. The number of amides is 1. The van der Waals surface area contributed by atoms with Crippen LogP contribution in [-0.4, -0.2) is 28.5 Å². The van der Waals surface area contributed by atoms with Gasteiger partial charge in [0.25, 0.3) is 0 Å². The number of nitrogens with two attached hydrogens (primary N) is 1. The van der Waals surface area contributed by atoms with Gasteiger partial charge in [0.15, 0.2) is 0 Å². The van der Waals surface area contributed by atoms with E-state index in [0.717, 1.165) is 5.56 Å². The third-order valence-corrected chi connectivity index (χ3v) is 6.66. The number of carbonyl (C=O) groups excluding carboxylic acids is 1. The van der Waals surface area contributed by atoms with Gasteiger partial charge in [0.1, 0.15) is 5.75 Å². The first-order valence-electron chi connectivity index (χ1n) is 8.72. The lowest BCUT2D eigenvalue weighted by molar-refractivity contribution is -0.120. The number of hydrogen-bond donors (Lipinski definition) is 1. The van der Waals surface area contributed by atoms with E-state index < -0.39 is 10.0 Å². The van der Waals surface area contributed by atoms with Gasteiger partial charge in [-0.1, -0.05) is 37.6 Å². The molecule has 6 nitrogen and oxygen atoms in total. The van der Waals surface area contributed by atoms with E-state index in [-0.39, 0.29) is 28.1 Å². The molecular formula is C20H23ClN2O4S. The number of carbonyl (C=O) groups is 1. The first-order valence-corrected chi connectivity index (χ1v) is 10.6. The molecular weight excluding hydrogens is 400 g/mol. The van der Waals surface area contributed by atoms with Gasteiger partial charge in [-0.3, -0.25) is 4.79 Å². The van der Waals surface area contributed by atoms with Crippen molar-refractivity contribution < 1.29 is 17.9 Å². The molecule has 0 bridgehead atoms. The zero-order valence-electron chi connectivity index (χ0n) is 16.1. The van der Waals surface area contributed by atoms with Gasteiger partial charge in [-0.25, -0.2) is 13.6 Å². The minimum absolute atomic E-state index is 0.0258. The predicted octanol–water partition coefficient (Wildman–Crippen LogP) is 3.40. The molecule has 0 heterocycles. The van der Waals surface area contributed by atoms with Gasteiger partial charge < -0.3 is 9.64 Å². The Morgan fingerprint density at radius 1 is 1.18 bits per heavy atom. The van der Waals surface area contributed by atoms with Crippen molar-refractivity contribution in [3.8, 4) is 5.75 Å². The van der Waals surface area contributed by atoms with E-state index in [4.69, 9.17) is 21.5 Å². The standard InChI is InChI=1S/C20H23ClN2O4S/c1-20(2)17(12-5-8-14(9-6-12)28(22,25)26)18(20)19(24)23(3)15-11-13(21)7-10-16(15)27-4/h5-11,17-18H,1-4H3,(H2,22,25,26). The van der Waals surface area contributed by atoms with Crippen LogP contribution in [0.4, 0.5) is 5.69 Å². The number of halogens is 1. The van der Waals surface area contributed by atoms with Crippen LogP contribution in [0.25, 0.3) is 0 Å². The van der Waals surface area contributed by atoms with Crippen LogP contribution in [0, 0.1) is 11.3 Å². The van der Waals surface area contributed by atoms with Gasteiger partial charge >= 0.3 is 0 Å². The topological polar surface area (TPSA) is 89.7 Å². The summed E-state index contributed by atoms with van der Waals surface area (Å²) in [5.41, 5.74) is 1.24. The quantitative estimate of drug-likeness (QED) is 0.799. The molecule has 150 valence electrons. The average Bonchev–Trinajstić information content (AvgIpc) is 3.21. The molecule has 28 heavy (non-hydrogen) atoms. The molecule has 2 aromatic carbocycles. The van der Waals surface area contributed by atoms with Gasteiger partial charge in [-0.2, -0.15) is 0 Å². The number of benzene rings is 2. The summed E-state index contributed by atoms with van der Waals surface area (Å²) in [4.78, 5) is 14.8. The number of hydrogen-bond acceptors (Lipinski definition) is 4. The number of ether oxygens (including phenoxy) is 1. The minimum atomic E-state index is -3.75. The van der Waals surface area contributed by atoms with Crippen LogP contribution in [0.15, 0.2) is 47.4 Å². The molecule has 1 aliphatic carbocycles. The van der Waals surface area contributed by atoms with Crippen molar-refractivity contribution in [1.29, 1.82) is 0 Å². The molecule has 0 saturated heterocycles. The molecule has 1 amide bonds. The summed E-state index contributed by atoms with van der Waals surface area (Å²) >= 11 is 6.10. The van der Waals surface area contributed by atoms with E-state index >= 15 is 0 Å². The van der Waals surface area contributed by atoms with Crippen molar-refractivity contribution in [3.05, 3.63) is 53.1 Å². The molecule has 0 aliphatic heterocycles. The molecule has 0 aromatic heterocycles. The van der Waals surface area contributed by atoms with Crippen molar-refractivity contribution in [1.82, 2.24) is 0 Å². The zero-order valence-corrected chi connectivity index (χ0v) is 17.7.